The Bertz CT molecular complexity index is 340. The lowest BCUT2D eigenvalue weighted by Gasteiger charge is -2.23. The monoisotopic (exact) mass is 235 g/mol. The predicted octanol–water partition coefficient (Wildman–Crippen LogP) is 2.41. The van der Waals surface area contributed by atoms with E-state index in [1.807, 2.05) is 26.0 Å². The molecule has 0 aliphatic rings. The summed E-state index contributed by atoms with van der Waals surface area (Å²) in [5.74, 6) is 0. The smallest absolute Gasteiger partial charge is 0.317 e. The van der Waals surface area contributed by atoms with E-state index in [2.05, 4.69) is 17.2 Å². The summed E-state index contributed by atoms with van der Waals surface area (Å²) in [5, 5.41) is 2.97. The van der Waals surface area contributed by atoms with Gasteiger partial charge < -0.3 is 10.2 Å². The lowest BCUT2D eigenvalue weighted by molar-refractivity contribution is 0.194. The quantitative estimate of drug-likeness (QED) is 0.851. The predicted molar refractivity (Wildman–Crippen MR) is 68.6 cm³/mol. The Balaban J connectivity index is 2.56. The Morgan fingerprint density at radius 1 is 1.41 bits per heavy atom. The van der Waals surface area contributed by atoms with Gasteiger partial charge in [0.15, 0.2) is 0 Å². The third kappa shape index (κ3) is 4.43. The molecular formula is C13H21N3O. The third-order valence-corrected chi connectivity index (χ3v) is 2.77. The molecular weight excluding hydrogens is 214 g/mol. The molecule has 94 valence electrons. The molecule has 1 N–H and O–H groups in total. The van der Waals surface area contributed by atoms with Crippen LogP contribution in [0.4, 0.5) is 4.79 Å². The number of urea groups is 1. The van der Waals surface area contributed by atoms with Gasteiger partial charge in [-0.2, -0.15) is 0 Å². The fourth-order valence-electron chi connectivity index (χ4n) is 1.44. The molecule has 0 fully saturated rings. The number of carbonyl (C=O) groups is 1. The van der Waals surface area contributed by atoms with Crippen molar-refractivity contribution in [2.75, 3.05) is 6.54 Å². The molecule has 4 heteroatoms. The first-order valence-corrected chi connectivity index (χ1v) is 6.11. The normalized spacial score (nSPS) is 11.9. The van der Waals surface area contributed by atoms with E-state index in [0.29, 0.717) is 13.1 Å². The molecule has 0 aromatic carbocycles. The molecule has 1 heterocycles. The average molecular weight is 235 g/mol. The summed E-state index contributed by atoms with van der Waals surface area (Å²) in [5.41, 5.74) is 1.10. The SMILES string of the molecule is CC[C@@H](C)NC(=O)N(CC)Cc1ccncc1. The van der Waals surface area contributed by atoms with Crippen LogP contribution in [0.15, 0.2) is 24.5 Å². The van der Waals surface area contributed by atoms with Gasteiger partial charge >= 0.3 is 6.03 Å². The van der Waals surface area contributed by atoms with Gasteiger partial charge in [-0.3, -0.25) is 4.98 Å². The molecule has 0 unspecified atom stereocenters. The van der Waals surface area contributed by atoms with Crippen LogP contribution in [0.2, 0.25) is 0 Å². The number of rotatable bonds is 5. The molecule has 17 heavy (non-hydrogen) atoms. The van der Waals surface area contributed by atoms with Gasteiger partial charge in [-0.15, -0.1) is 0 Å². The lowest BCUT2D eigenvalue weighted by Crippen LogP contribution is -2.43. The van der Waals surface area contributed by atoms with Crippen LogP contribution in [-0.2, 0) is 6.54 Å². The van der Waals surface area contributed by atoms with Crippen molar-refractivity contribution < 1.29 is 4.79 Å². The number of amides is 2. The van der Waals surface area contributed by atoms with Crippen LogP contribution in [0.25, 0.3) is 0 Å². The van der Waals surface area contributed by atoms with Crippen LogP contribution in [0.3, 0.4) is 0 Å². The van der Waals surface area contributed by atoms with E-state index in [1.54, 1.807) is 17.3 Å². The molecule has 0 spiro atoms. The molecule has 2 amide bonds. The van der Waals surface area contributed by atoms with Crippen molar-refractivity contribution >= 4 is 6.03 Å². The Kier molecular flexibility index (Phi) is 5.46. The second kappa shape index (κ2) is 6.89. The van der Waals surface area contributed by atoms with E-state index >= 15 is 0 Å². The van der Waals surface area contributed by atoms with Crippen molar-refractivity contribution in [3.63, 3.8) is 0 Å². The molecule has 0 saturated heterocycles. The van der Waals surface area contributed by atoms with Gasteiger partial charge in [0.2, 0.25) is 0 Å². The maximum Gasteiger partial charge on any atom is 0.317 e. The van der Waals surface area contributed by atoms with Crippen molar-refractivity contribution in [2.45, 2.75) is 39.8 Å². The lowest BCUT2D eigenvalue weighted by atomic mass is 10.2. The number of hydrogen-bond acceptors (Lipinski definition) is 2. The van der Waals surface area contributed by atoms with E-state index in [0.717, 1.165) is 12.0 Å². The van der Waals surface area contributed by atoms with Crippen LogP contribution in [0.5, 0.6) is 0 Å². The maximum absolute atomic E-state index is 11.9. The molecule has 1 aromatic heterocycles. The Morgan fingerprint density at radius 3 is 2.59 bits per heavy atom. The van der Waals surface area contributed by atoms with E-state index in [4.69, 9.17) is 0 Å². The van der Waals surface area contributed by atoms with Crippen LogP contribution in [0.1, 0.15) is 32.8 Å². The van der Waals surface area contributed by atoms with Gasteiger partial charge in [0, 0.05) is 31.5 Å². The van der Waals surface area contributed by atoms with Crippen LogP contribution in [0, 0.1) is 0 Å². The van der Waals surface area contributed by atoms with Crippen molar-refractivity contribution in [3.05, 3.63) is 30.1 Å². The summed E-state index contributed by atoms with van der Waals surface area (Å²) in [7, 11) is 0. The van der Waals surface area contributed by atoms with E-state index < -0.39 is 0 Å². The standard InChI is InChI=1S/C13H21N3O/c1-4-11(3)15-13(17)16(5-2)10-12-6-8-14-9-7-12/h6-9,11H,4-5,10H2,1-3H3,(H,15,17)/t11-/m1/s1. The highest BCUT2D eigenvalue weighted by Gasteiger charge is 2.13. The second-order valence-corrected chi connectivity index (χ2v) is 4.13. The number of hydrogen-bond donors (Lipinski definition) is 1. The summed E-state index contributed by atoms with van der Waals surface area (Å²) in [4.78, 5) is 17.7. The van der Waals surface area contributed by atoms with E-state index in [-0.39, 0.29) is 12.1 Å². The first kappa shape index (κ1) is 13.5. The minimum atomic E-state index is -0.00124. The largest absolute Gasteiger partial charge is 0.336 e. The van der Waals surface area contributed by atoms with Gasteiger partial charge in [0.1, 0.15) is 0 Å². The third-order valence-electron chi connectivity index (χ3n) is 2.77. The molecule has 0 aliphatic carbocycles. The Morgan fingerprint density at radius 2 is 2.06 bits per heavy atom. The van der Waals surface area contributed by atoms with Crippen molar-refractivity contribution in [3.8, 4) is 0 Å². The summed E-state index contributed by atoms with van der Waals surface area (Å²) >= 11 is 0. The average Bonchev–Trinajstić information content (AvgIpc) is 2.36. The van der Waals surface area contributed by atoms with Crippen LogP contribution in [-0.4, -0.2) is 28.5 Å². The highest BCUT2D eigenvalue weighted by molar-refractivity contribution is 5.74. The molecule has 0 saturated carbocycles. The number of pyridine rings is 1. The fraction of sp³-hybridized carbons (Fsp3) is 0.538. The number of aromatic nitrogens is 1. The van der Waals surface area contributed by atoms with Gasteiger partial charge in [0.05, 0.1) is 0 Å². The second-order valence-electron chi connectivity index (χ2n) is 4.13. The van der Waals surface area contributed by atoms with Crippen LogP contribution < -0.4 is 5.32 Å². The van der Waals surface area contributed by atoms with Gasteiger partial charge in [-0.1, -0.05) is 6.92 Å². The molecule has 4 nitrogen and oxygen atoms in total. The number of nitrogens with zero attached hydrogens (tertiary/aromatic N) is 2. The molecule has 1 aromatic rings. The zero-order valence-electron chi connectivity index (χ0n) is 10.8. The Hall–Kier alpha value is -1.58. The van der Waals surface area contributed by atoms with E-state index in [1.165, 1.54) is 0 Å². The summed E-state index contributed by atoms with van der Waals surface area (Å²) in [6, 6.07) is 4.07. The first-order chi connectivity index (χ1) is 8.17. The van der Waals surface area contributed by atoms with Crippen molar-refractivity contribution in [1.29, 1.82) is 0 Å². The molecule has 1 atom stereocenters. The topological polar surface area (TPSA) is 45.2 Å². The summed E-state index contributed by atoms with van der Waals surface area (Å²) in [6.45, 7) is 7.38. The highest BCUT2D eigenvalue weighted by atomic mass is 16.2. The molecule has 0 aliphatic heterocycles. The van der Waals surface area contributed by atoms with Gasteiger partial charge in [0.25, 0.3) is 0 Å². The van der Waals surface area contributed by atoms with Gasteiger partial charge in [-0.05, 0) is 38.0 Å². The molecule has 0 radical (unpaired) electrons. The zero-order valence-corrected chi connectivity index (χ0v) is 10.8. The van der Waals surface area contributed by atoms with Gasteiger partial charge in [-0.25, -0.2) is 4.79 Å². The fourth-order valence-corrected chi connectivity index (χ4v) is 1.44. The first-order valence-electron chi connectivity index (χ1n) is 6.11. The minimum Gasteiger partial charge on any atom is -0.336 e. The van der Waals surface area contributed by atoms with E-state index in [9.17, 15) is 4.79 Å². The highest BCUT2D eigenvalue weighted by Crippen LogP contribution is 2.03. The van der Waals surface area contributed by atoms with Crippen molar-refractivity contribution in [1.82, 2.24) is 15.2 Å². The number of nitrogens with one attached hydrogen (secondary N) is 1. The molecule has 1 rings (SSSR count). The van der Waals surface area contributed by atoms with Crippen molar-refractivity contribution in [2.24, 2.45) is 0 Å². The van der Waals surface area contributed by atoms with Crippen LogP contribution >= 0.6 is 0 Å². The summed E-state index contributed by atoms with van der Waals surface area (Å²) in [6.07, 6.45) is 4.43. The zero-order chi connectivity index (χ0) is 12.7. The molecule has 0 bridgehead atoms. The summed E-state index contributed by atoms with van der Waals surface area (Å²) < 4.78 is 0. The Labute approximate surface area is 103 Å². The number of carbonyl (C=O) groups excluding carboxylic acids is 1. The maximum atomic E-state index is 11.9. The minimum absolute atomic E-state index is 0.00124.